The molecule has 1 unspecified atom stereocenters. The second kappa shape index (κ2) is 12.1. The van der Waals surface area contributed by atoms with Gasteiger partial charge in [0.2, 0.25) is 0 Å². The Bertz CT molecular complexity index is 720. The van der Waals surface area contributed by atoms with Crippen LogP contribution in [0.4, 0.5) is 0 Å². The number of hydrogen-bond donors (Lipinski definition) is 2. The molecule has 0 spiro atoms. The molecule has 1 aromatic carbocycles. The summed E-state index contributed by atoms with van der Waals surface area (Å²) in [7, 11) is 7.62. The number of ether oxygens (including phenoxy) is 1. The molecule has 6 nitrogen and oxygen atoms in total. The molecule has 27 heavy (non-hydrogen) atoms. The number of hydrogen-bond acceptors (Lipinski definition) is 5. The highest BCUT2D eigenvalue weighted by molar-refractivity contribution is 14.0. The average Bonchev–Trinajstić information content (AvgIpc) is 3.12. The lowest BCUT2D eigenvalue weighted by molar-refractivity contribution is 0.297. The summed E-state index contributed by atoms with van der Waals surface area (Å²) in [5.41, 5.74) is 1.20. The van der Waals surface area contributed by atoms with Crippen LogP contribution >= 0.6 is 35.3 Å². The molecule has 0 amide bonds. The minimum atomic E-state index is 0. The van der Waals surface area contributed by atoms with Crippen molar-refractivity contribution < 1.29 is 4.74 Å². The first-order valence-electron chi connectivity index (χ1n) is 8.75. The molecular weight excluding hydrogens is 473 g/mol. The zero-order chi connectivity index (χ0) is 18.9. The predicted octanol–water partition coefficient (Wildman–Crippen LogP) is 3.30. The minimum Gasteiger partial charge on any atom is -0.497 e. The van der Waals surface area contributed by atoms with Crippen molar-refractivity contribution >= 4 is 41.3 Å². The van der Waals surface area contributed by atoms with Gasteiger partial charge in [0, 0.05) is 24.7 Å². The van der Waals surface area contributed by atoms with Gasteiger partial charge in [0.05, 0.1) is 19.7 Å². The number of rotatable bonds is 8. The van der Waals surface area contributed by atoms with Crippen molar-refractivity contribution in [3.05, 3.63) is 45.9 Å². The quantitative estimate of drug-likeness (QED) is 0.329. The predicted molar refractivity (Wildman–Crippen MR) is 125 cm³/mol. The molecule has 150 valence electrons. The molecule has 0 fully saturated rings. The van der Waals surface area contributed by atoms with E-state index in [1.54, 1.807) is 25.5 Å². The van der Waals surface area contributed by atoms with Crippen LogP contribution in [0.3, 0.4) is 0 Å². The molecule has 0 aliphatic carbocycles. The molecule has 1 heterocycles. The van der Waals surface area contributed by atoms with Crippen molar-refractivity contribution in [3.63, 3.8) is 0 Å². The molecule has 2 rings (SSSR count). The Hall–Kier alpha value is -1.39. The van der Waals surface area contributed by atoms with Gasteiger partial charge >= 0.3 is 0 Å². The number of aryl methyl sites for hydroxylation is 1. The maximum absolute atomic E-state index is 5.35. The van der Waals surface area contributed by atoms with E-state index in [1.165, 1.54) is 10.4 Å². The van der Waals surface area contributed by atoms with Gasteiger partial charge in [-0.25, -0.2) is 4.98 Å². The standard InChI is InChI=1S/C19H29N5OS.HI/c1-6-16-11-21-18(26-16)13-23-19(20-2)22-12-17(24(3)4)14-8-7-9-15(10-14)25-5;/h7-11,17H,6,12-13H2,1-5H3,(H2,20,22,23);1H. The average molecular weight is 503 g/mol. The fraction of sp³-hybridized carbons (Fsp3) is 0.474. The van der Waals surface area contributed by atoms with Gasteiger partial charge in [-0.2, -0.15) is 0 Å². The van der Waals surface area contributed by atoms with Crippen LogP contribution in [-0.2, 0) is 13.0 Å². The molecule has 8 heteroatoms. The summed E-state index contributed by atoms with van der Waals surface area (Å²) in [5, 5.41) is 7.82. The number of halogens is 1. The Kier molecular flexibility index (Phi) is 10.6. The number of thiazole rings is 1. The van der Waals surface area contributed by atoms with Gasteiger partial charge in [0.25, 0.3) is 0 Å². The molecule has 0 bridgehead atoms. The third kappa shape index (κ3) is 7.27. The molecule has 1 atom stereocenters. The third-order valence-corrected chi connectivity index (χ3v) is 5.29. The van der Waals surface area contributed by atoms with Crippen LogP contribution in [0.2, 0.25) is 0 Å². The Balaban J connectivity index is 0.00000364. The lowest BCUT2D eigenvalue weighted by atomic mass is 10.1. The van der Waals surface area contributed by atoms with Gasteiger partial charge in [0.15, 0.2) is 5.96 Å². The van der Waals surface area contributed by atoms with Crippen molar-refractivity contribution in [3.8, 4) is 5.75 Å². The summed E-state index contributed by atoms with van der Waals surface area (Å²) < 4.78 is 5.35. The molecule has 2 N–H and O–H groups in total. The van der Waals surface area contributed by atoms with Crippen LogP contribution < -0.4 is 15.4 Å². The first-order valence-corrected chi connectivity index (χ1v) is 9.57. The summed E-state index contributed by atoms with van der Waals surface area (Å²) in [6.45, 7) is 3.55. The fourth-order valence-electron chi connectivity index (χ4n) is 2.61. The topological polar surface area (TPSA) is 61.8 Å². The number of guanidine groups is 1. The van der Waals surface area contributed by atoms with E-state index >= 15 is 0 Å². The van der Waals surface area contributed by atoms with Crippen molar-refractivity contribution in [1.82, 2.24) is 20.5 Å². The first kappa shape index (κ1) is 23.6. The molecular formula is C19H30IN5OS. The van der Waals surface area contributed by atoms with E-state index in [2.05, 4.69) is 58.7 Å². The van der Waals surface area contributed by atoms with Crippen LogP contribution in [0.5, 0.6) is 5.75 Å². The van der Waals surface area contributed by atoms with Gasteiger partial charge in [-0.15, -0.1) is 35.3 Å². The van der Waals surface area contributed by atoms with E-state index in [-0.39, 0.29) is 30.0 Å². The molecule has 0 aliphatic heterocycles. The number of aromatic nitrogens is 1. The highest BCUT2D eigenvalue weighted by Crippen LogP contribution is 2.22. The van der Waals surface area contributed by atoms with Gasteiger partial charge in [-0.3, -0.25) is 4.99 Å². The SMILES string of the molecule is CCc1cnc(CNC(=NC)NCC(c2cccc(OC)c2)N(C)C)s1.I. The molecule has 0 radical (unpaired) electrons. The number of methoxy groups -OCH3 is 1. The molecule has 0 saturated heterocycles. The van der Waals surface area contributed by atoms with Gasteiger partial charge in [-0.1, -0.05) is 19.1 Å². The Morgan fingerprint density at radius 3 is 2.70 bits per heavy atom. The normalized spacial score (nSPS) is 12.4. The van der Waals surface area contributed by atoms with Crippen LogP contribution in [0.25, 0.3) is 0 Å². The van der Waals surface area contributed by atoms with E-state index in [0.717, 1.165) is 29.7 Å². The van der Waals surface area contributed by atoms with E-state index in [1.807, 2.05) is 18.3 Å². The minimum absolute atomic E-state index is 0. The number of aliphatic imine (C=N–C) groups is 1. The van der Waals surface area contributed by atoms with Gasteiger partial charge in [-0.05, 0) is 38.2 Å². The van der Waals surface area contributed by atoms with Crippen molar-refractivity contribution in [2.24, 2.45) is 4.99 Å². The highest BCUT2D eigenvalue weighted by atomic mass is 127. The van der Waals surface area contributed by atoms with Gasteiger partial charge < -0.3 is 20.3 Å². The number of benzene rings is 1. The van der Waals surface area contributed by atoms with E-state index in [9.17, 15) is 0 Å². The molecule has 2 aromatic rings. The van der Waals surface area contributed by atoms with Crippen LogP contribution in [0.15, 0.2) is 35.5 Å². The second-order valence-electron chi connectivity index (χ2n) is 6.14. The van der Waals surface area contributed by atoms with Crippen molar-refractivity contribution in [2.75, 3.05) is 34.8 Å². The number of likely N-dealkylation sites (N-methyl/N-ethyl adjacent to an activating group) is 1. The zero-order valence-corrected chi connectivity index (χ0v) is 19.8. The van der Waals surface area contributed by atoms with Crippen molar-refractivity contribution in [1.29, 1.82) is 0 Å². The van der Waals surface area contributed by atoms with E-state index in [0.29, 0.717) is 6.54 Å². The number of nitrogens with one attached hydrogen (secondary N) is 2. The largest absolute Gasteiger partial charge is 0.497 e. The fourth-order valence-corrected chi connectivity index (χ4v) is 3.42. The maximum atomic E-state index is 5.35. The van der Waals surface area contributed by atoms with Crippen LogP contribution in [0, 0.1) is 0 Å². The molecule has 1 aromatic heterocycles. The number of nitrogens with zero attached hydrogens (tertiary/aromatic N) is 3. The summed E-state index contributed by atoms with van der Waals surface area (Å²) in [6, 6.07) is 8.38. The maximum Gasteiger partial charge on any atom is 0.191 e. The lowest BCUT2D eigenvalue weighted by Gasteiger charge is -2.26. The van der Waals surface area contributed by atoms with E-state index in [4.69, 9.17) is 4.74 Å². The Morgan fingerprint density at radius 2 is 2.11 bits per heavy atom. The first-order chi connectivity index (χ1) is 12.6. The highest BCUT2D eigenvalue weighted by Gasteiger charge is 2.15. The summed E-state index contributed by atoms with van der Waals surface area (Å²) >= 11 is 1.74. The zero-order valence-electron chi connectivity index (χ0n) is 16.7. The molecule has 0 aliphatic rings. The third-order valence-electron chi connectivity index (χ3n) is 4.15. The van der Waals surface area contributed by atoms with Crippen LogP contribution in [0.1, 0.15) is 28.4 Å². The summed E-state index contributed by atoms with van der Waals surface area (Å²) in [5.74, 6) is 1.64. The lowest BCUT2D eigenvalue weighted by Crippen LogP contribution is -2.41. The Morgan fingerprint density at radius 1 is 1.33 bits per heavy atom. The Labute approximate surface area is 183 Å². The summed E-state index contributed by atoms with van der Waals surface area (Å²) in [4.78, 5) is 12.2. The van der Waals surface area contributed by atoms with Crippen molar-refractivity contribution in [2.45, 2.75) is 25.9 Å². The smallest absolute Gasteiger partial charge is 0.191 e. The van der Waals surface area contributed by atoms with Gasteiger partial charge in [0.1, 0.15) is 10.8 Å². The monoisotopic (exact) mass is 503 g/mol. The summed E-state index contributed by atoms with van der Waals surface area (Å²) in [6.07, 6.45) is 2.97. The van der Waals surface area contributed by atoms with E-state index < -0.39 is 0 Å². The second-order valence-corrected chi connectivity index (χ2v) is 7.34. The van der Waals surface area contributed by atoms with Crippen LogP contribution in [-0.4, -0.2) is 50.6 Å². The molecule has 0 saturated carbocycles.